The predicted octanol–water partition coefficient (Wildman–Crippen LogP) is 1.45. The first-order chi connectivity index (χ1) is 9.06. The van der Waals surface area contributed by atoms with Crippen LogP contribution in [0.5, 0.6) is 0 Å². The fourth-order valence-corrected chi connectivity index (χ4v) is 1.74. The van der Waals surface area contributed by atoms with E-state index in [1.165, 1.54) is 0 Å². The van der Waals surface area contributed by atoms with Gasteiger partial charge in [0.15, 0.2) is 6.04 Å². The molecule has 1 aromatic rings. The van der Waals surface area contributed by atoms with Gasteiger partial charge < -0.3 is 16.2 Å². The normalized spacial score (nSPS) is 13.6. The molecule has 2 atom stereocenters. The number of hydrogen-bond donors (Lipinski definition) is 3. The van der Waals surface area contributed by atoms with E-state index in [-0.39, 0.29) is 0 Å². The van der Waals surface area contributed by atoms with Gasteiger partial charge in [0, 0.05) is 0 Å². The molecule has 1 rings (SSSR count). The lowest BCUT2D eigenvalue weighted by Gasteiger charge is -2.18. The van der Waals surface area contributed by atoms with E-state index in [9.17, 15) is 14.7 Å². The second-order valence-electron chi connectivity index (χ2n) is 4.44. The zero-order chi connectivity index (χ0) is 14.3. The van der Waals surface area contributed by atoms with Crippen molar-refractivity contribution in [1.82, 2.24) is 5.32 Å². The van der Waals surface area contributed by atoms with E-state index in [4.69, 9.17) is 5.73 Å². The van der Waals surface area contributed by atoms with E-state index in [1.807, 2.05) is 6.92 Å². The van der Waals surface area contributed by atoms with Crippen LogP contribution in [0.1, 0.15) is 37.8 Å². The molecule has 0 bridgehead atoms. The number of amides is 1. The number of rotatable bonds is 7. The summed E-state index contributed by atoms with van der Waals surface area (Å²) in [6.45, 7) is 2.01. The van der Waals surface area contributed by atoms with Gasteiger partial charge in [-0.1, -0.05) is 50.1 Å². The van der Waals surface area contributed by atoms with Crippen molar-refractivity contribution in [3.05, 3.63) is 35.9 Å². The largest absolute Gasteiger partial charge is 0.479 e. The van der Waals surface area contributed by atoms with Crippen molar-refractivity contribution < 1.29 is 14.7 Å². The summed E-state index contributed by atoms with van der Waals surface area (Å²) in [4.78, 5) is 23.1. The first-order valence-corrected chi connectivity index (χ1v) is 6.40. The minimum absolute atomic E-state index is 0.426. The Morgan fingerprint density at radius 2 is 1.95 bits per heavy atom. The molecule has 0 saturated heterocycles. The molecule has 19 heavy (non-hydrogen) atoms. The third-order valence-electron chi connectivity index (χ3n) is 2.87. The Morgan fingerprint density at radius 1 is 1.32 bits per heavy atom. The summed E-state index contributed by atoms with van der Waals surface area (Å²) in [7, 11) is 0. The molecule has 5 heteroatoms. The number of nitrogens with one attached hydrogen (secondary N) is 1. The first-order valence-electron chi connectivity index (χ1n) is 6.40. The van der Waals surface area contributed by atoms with Crippen LogP contribution in [0.2, 0.25) is 0 Å². The van der Waals surface area contributed by atoms with Crippen LogP contribution in [0, 0.1) is 0 Å². The average molecular weight is 264 g/mol. The molecule has 0 aliphatic carbocycles. The highest BCUT2D eigenvalue weighted by Gasteiger charge is 2.24. The molecule has 0 aliphatic heterocycles. The standard InChI is InChI=1S/C14H20N2O3/c1-2-3-9-11(15)13(17)16-12(14(18)19)10-7-5-4-6-8-10/h4-8,11-12H,2-3,9,15H2,1H3,(H,16,17)(H,18,19)/t11-,12-/m0/s1. The van der Waals surface area contributed by atoms with Crippen LogP contribution in [-0.2, 0) is 9.59 Å². The summed E-state index contributed by atoms with van der Waals surface area (Å²) in [6, 6.07) is 6.86. The minimum Gasteiger partial charge on any atom is -0.479 e. The molecular formula is C14H20N2O3. The number of nitrogens with two attached hydrogens (primary N) is 1. The van der Waals surface area contributed by atoms with Crippen molar-refractivity contribution in [2.24, 2.45) is 5.73 Å². The second kappa shape index (κ2) is 7.53. The molecule has 0 heterocycles. The van der Waals surface area contributed by atoms with E-state index in [1.54, 1.807) is 30.3 Å². The zero-order valence-electron chi connectivity index (χ0n) is 11.0. The SMILES string of the molecule is CCCC[C@H](N)C(=O)N[C@H](C(=O)O)c1ccccc1. The molecule has 104 valence electrons. The van der Waals surface area contributed by atoms with Crippen LogP contribution >= 0.6 is 0 Å². The molecule has 0 saturated carbocycles. The maximum absolute atomic E-state index is 11.8. The van der Waals surface area contributed by atoms with Gasteiger partial charge in [0.1, 0.15) is 0 Å². The highest BCUT2D eigenvalue weighted by atomic mass is 16.4. The molecule has 1 amide bonds. The van der Waals surface area contributed by atoms with Gasteiger partial charge in [-0.05, 0) is 12.0 Å². The minimum atomic E-state index is -1.10. The average Bonchev–Trinajstić information content (AvgIpc) is 2.42. The lowest BCUT2D eigenvalue weighted by molar-refractivity contribution is -0.142. The molecule has 0 spiro atoms. The zero-order valence-corrected chi connectivity index (χ0v) is 11.0. The smallest absolute Gasteiger partial charge is 0.330 e. The number of carbonyl (C=O) groups is 2. The summed E-state index contributed by atoms with van der Waals surface area (Å²) < 4.78 is 0. The lowest BCUT2D eigenvalue weighted by atomic mass is 10.1. The van der Waals surface area contributed by atoms with Crippen molar-refractivity contribution in [3.8, 4) is 0 Å². The summed E-state index contributed by atoms with van der Waals surface area (Å²) in [5.74, 6) is -1.52. The fourth-order valence-electron chi connectivity index (χ4n) is 1.74. The fraction of sp³-hybridized carbons (Fsp3) is 0.429. The van der Waals surface area contributed by atoms with Crippen LogP contribution in [0.25, 0.3) is 0 Å². The number of carboxylic acids is 1. The Morgan fingerprint density at radius 3 is 2.47 bits per heavy atom. The Hall–Kier alpha value is -1.88. The van der Waals surface area contributed by atoms with Crippen molar-refractivity contribution in [2.45, 2.75) is 38.3 Å². The Kier molecular flexibility index (Phi) is 6.02. The van der Waals surface area contributed by atoms with E-state index < -0.39 is 24.0 Å². The number of carboxylic acid groups (broad SMARTS) is 1. The molecule has 0 aromatic heterocycles. The van der Waals surface area contributed by atoms with Crippen molar-refractivity contribution in [2.75, 3.05) is 0 Å². The van der Waals surface area contributed by atoms with Crippen LogP contribution in [-0.4, -0.2) is 23.0 Å². The molecule has 0 fully saturated rings. The van der Waals surface area contributed by atoms with Gasteiger partial charge in [-0.2, -0.15) is 0 Å². The van der Waals surface area contributed by atoms with E-state index in [0.717, 1.165) is 12.8 Å². The molecule has 0 radical (unpaired) electrons. The summed E-state index contributed by atoms with van der Waals surface area (Å²) in [5, 5.41) is 11.7. The third-order valence-corrected chi connectivity index (χ3v) is 2.87. The number of hydrogen-bond acceptors (Lipinski definition) is 3. The maximum atomic E-state index is 11.8. The van der Waals surface area contributed by atoms with Gasteiger partial charge in [0.05, 0.1) is 6.04 Å². The second-order valence-corrected chi connectivity index (χ2v) is 4.44. The quantitative estimate of drug-likeness (QED) is 0.695. The molecule has 5 nitrogen and oxygen atoms in total. The summed E-state index contributed by atoms with van der Waals surface area (Å²) in [5.41, 5.74) is 6.26. The van der Waals surface area contributed by atoms with Crippen molar-refractivity contribution >= 4 is 11.9 Å². The first kappa shape index (κ1) is 15.2. The number of carbonyl (C=O) groups excluding carboxylic acids is 1. The van der Waals surface area contributed by atoms with Gasteiger partial charge in [-0.25, -0.2) is 4.79 Å². The summed E-state index contributed by atoms with van der Waals surface area (Å²) >= 11 is 0. The van der Waals surface area contributed by atoms with Crippen LogP contribution in [0.15, 0.2) is 30.3 Å². The Balaban J connectivity index is 2.70. The predicted molar refractivity (Wildman–Crippen MR) is 72.5 cm³/mol. The molecular weight excluding hydrogens is 244 g/mol. The maximum Gasteiger partial charge on any atom is 0.330 e. The highest BCUT2D eigenvalue weighted by molar-refractivity contribution is 5.87. The molecule has 1 aromatic carbocycles. The van der Waals surface area contributed by atoms with Crippen molar-refractivity contribution in [1.29, 1.82) is 0 Å². The van der Waals surface area contributed by atoms with Gasteiger partial charge in [0.2, 0.25) is 5.91 Å². The topological polar surface area (TPSA) is 92.4 Å². The number of unbranched alkanes of at least 4 members (excludes halogenated alkanes) is 1. The van der Waals surface area contributed by atoms with Gasteiger partial charge in [-0.15, -0.1) is 0 Å². The Bertz CT molecular complexity index is 420. The van der Waals surface area contributed by atoms with Crippen LogP contribution in [0.3, 0.4) is 0 Å². The number of benzene rings is 1. The van der Waals surface area contributed by atoms with E-state index in [0.29, 0.717) is 12.0 Å². The van der Waals surface area contributed by atoms with Crippen molar-refractivity contribution in [3.63, 3.8) is 0 Å². The molecule has 4 N–H and O–H groups in total. The molecule has 0 aliphatic rings. The third kappa shape index (κ3) is 4.71. The van der Waals surface area contributed by atoms with E-state index in [2.05, 4.69) is 5.32 Å². The highest BCUT2D eigenvalue weighted by Crippen LogP contribution is 2.13. The Labute approximate surface area is 112 Å². The van der Waals surface area contributed by atoms with Crippen LogP contribution < -0.4 is 11.1 Å². The van der Waals surface area contributed by atoms with E-state index >= 15 is 0 Å². The van der Waals surface area contributed by atoms with Gasteiger partial charge >= 0.3 is 5.97 Å². The monoisotopic (exact) mass is 264 g/mol. The summed E-state index contributed by atoms with van der Waals surface area (Å²) in [6.07, 6.45) is 2.35. The van der Waals surface area contributed by atoms with Crippen LogP contribution in [0.4, 0.5) is 0 Å². The van der Waals surface area contributed by atoms with Gasteiger partial charge in [-0.3, -0.25) is 4.79 Å². The number of aliphatic carboxylic acids is 1. The van der Waals surface area contributed by atoms with Gasteiger partial charge in [0.25, 0.3) is 0 Å². The lowest BCUT2D eigenvalue weighted by Crippen LogP contribution is -2.44. The molecule has 0 unspecified atom stereocenters.